The van der Waals surface area contributed by atoms with E-state index in [4.69, 9.17) is 26.4 Å². The number of thioether (sulfide) groups is 1. The molecule has 0 radical (unpaired) electrons. The molecule has 0 N–H and O–H groups in total. The molecule has 5 nitrogen and oxygen atoms in total. The zero-order valence-corrected chi connectivity index (χ0v) is 22.4. The maximum atomic E-state index is 13.2. The van der Waals surface area contributed by atoms with E-state index in [2.05, 4.69) is 22.6 Å². The lowest BCUT2D eigenvalue weighted by molar-refractivity contribution is -0.113. The van der Waals surface area contributed by atoms with Gasteiger partial charge in [0.25, 0.3) is 5.91 Å². The molecule has 3 aromatic rings. The first-order valence-electron chi connectivity index (χ1n) is 10.6. The van der Waals surface area contributed by atoms with Crippen LogP contribution in [0.1, 0.15) is 18.1 Å². The Morgan fingerprint density at radius 3 is 2.50 bits per heavy atom. The standard InChI is InChI=1S/C26H22INO4S2/c1-3-31-22-14-18(13-19(27)24(22)32-16-17-9-5-4-6-10-17)15-23-25(29)28(26(33)34-23)20-11-7-8-12-21(20)30-2/h4-15H,3,16H2,1-2H3/b23-15+. The van der Waals surface area contributed by atoms with Crippen LogP contribution < -0.4 is 19.1 Å². The summed E-state index contributed by atoms with van der Waals surface area (Å²) in [5.74, 6) is 1.73. The van der Waals surface area contributed by atoms with Crippen LogP contribution in [-0.4, -0.2) is 23.9 Å². The van der Waals surface area contributed by atoms with E-state index in [0.29, 0.717) is 45.4 Å². The molecule has 34 heavy (non-hydrogen) atoms. The van der Waals surface area contributed by atoms with Crippen molar-refractivity contribution < 1.29 is 19.0 Å². The van der Waals surface area contributed by atoms with Crippen LogP contribution in [-0.2, 0) is 11.4 Å². The second-order valence-electron chi connectivity index (χ2n) is 7.23. The van der Waals surface area contributed by atoms with Gasteiger partial charge >= 0.3 is 0 Å². The van der Waals surface area contributed by atoms with Gasteiger partial charge in [-0.2, -0.15) is 0 Å². The molecule has 1 aliphatic rings. The maximum absolute atomic E-state index is 13.2. The van der Waals surface area contributed by atoms with E-state index in [1.165, 1.54) is 16.7 Å². The summed E-state index contributed by atoms with van der Waals surface area (Å²) >= 11 is 9.02. The number of ether oxygens (including phenoxy) is 3. The van der Waals surface area contributed by atoms with Crippen molar-refractivity contribution in [3.05, 3.63) is 86.3 Å². The number of para-hydroxylation sites is 2. The molecule has 1 heterocycles. The minimum absolute atomic E-state index is 0.183. The third kappa shape index (κ3) is 5.39. The third-order valence-corrected chi connectivity index (χ3v) is 7.08. The van der Waals surface area contributed by atoms with Crippen molar-refractivity contribution in [2.45, 2.75) is 13.5 Å². The molecule has 0 spiro atoms. The number of hydrogen-bond donors (Lipinski definition) is 0. The van der Waals surface area contributed by atoms with Crippen LogP contribution in [0.4, 0.5) is 5.69 Å². The quantitative estimate of drug-likeness (QED) is 0.163. The summed E-state index contributed by atoms with van der Waals surface area (Å²) in [6.45, 7) is 2.86. The SMILES string of the molecule is CCOc1cc(/C=C2/SC(=S)N(c3ccccc3OC)C2=O)cc(I)c1OCc1ccccc1. The lowest BCUT2D eigenvalue weighted by Crippen LogP contribution is -2.27. The second-order valence-corrected chi connectivity index (χ2v) is 10.1. The van der Waals surface area contributed by atoms with E-state index >= 15 is 0 Å². The summed E-state index contributed by atoms with van der Waals surface area (Å²) in [4.78, 5) is 15.3. The van der Waals surface area contributed by atoms with E-state index in [1.54, 1.807) is 7.11 Å². The van der Waals surface area contributed by atoms with Crippen LogP contribution in [0.15, 0.2) is 71.6 Å². The van der Waals surface area contributed by atoms with Crippen LogP contribution >= 0.6 is 46.6 Å². The normalized spacial score (nSPS) is 14.6. The highest BCUT2D eigenvalue weighted by atomic mass is 127. The average molecular weight is 604 g/mol. The highest BCUT2D eigenvalue weighted by molar-refractivity contribution is 14.1. The Balaban J connectivity index is 1.62. The molecule has 0 aromatic heterocycles. The third-order valence-electron chi connectivity index (χ3n) is 4.98. The fourth-order valence-electron chi connectivity index (χ4n) is 3.45. The second kappa shape index (κ2) is 11.2. The molecular weight excluding hydrogens is 581 g/mol. The van der Waals surface area contributed by atoms with E-state index in [-0.39, 0.29) is 5.91 Å². The largest absolute Gasteiger partial charge is 0.495 e. The molecule has 0 unspecified atom stereocenters. The minimum Gasteiger partial charge on any atom is -0.495 e. The summed E-state index contributed by atoms with van der Waals surface area (Å²) in [5, 5.41) is 0. The summed E-state index contributed by atoms with van der Waals surface area (Å²) in [5.41, 5.74) is 2.54. The number of methoxy groups -OCH3 is 1. The van der Waals surface area contributed by atoms with Crippen molar-refractivity contribution in [2.24, 2.45) is 0 Å². The molecule has 3 aromatic carbocycles. The van der Waals surface area contributed by atoms with Crippen LogP contribution in [0.5, 0.6) is 17.2 Å². The number of anilines is 1. The van der Waals surface area contributed by atoms with Crippen molar-refractivity contribution in [1.82, 2.24) is 0 Å². The number of nitrogens with zero attached hydrogens (tertiary/aromatic N) is 1. The molecule has 0 aliphatic carbocycles. The Bertz CT molecular complexity index is 1250. The number of halogens is 1. The average Bonchev–Trinajstić information content (AvgIpc) is 3.11. The minimum atomic E-state index is -0.183. The Morgan fingerprint density at radius 1 is 1.03 bits per heavy atom. The van der Waals surface area contributed by atoms with Gasteiger partial charge in [-0.25, -0.2) is 0 Å². The van der Waals surface area contributed by atoms with E-state index in [9.17, 15) is 4.79 Å². The van der Waals surface area contributed by atoms with Gasteiger partial charge in [-0.05, 0) is 71.0 Å². The Morgan fingerprint density at radius 2 is 1.76 bits per heavy atom. The zero-order chi connectivity index (χ0) is 24.1. The van der Waals surface area contributed by atoms with Gasteiger partial charge in [0.05, 0.1) is 27.9 Å². The predicted octanol–water partition coefficient (Wildman–Crippen LogP) is 6.68. The number of hydrogen-bond acceptors (Lipinski definition) is 6. The number of amides is 1. The monoisotopic (exact) mass is 603 g/mol. The van der Waals surface area contributed by atoms with Gasteiger partial charge in [0.2, 0.25) is 0 Å². The molecule has 1 amide bonds. The van der Waals surface area contributed by atoms with Gasteiger partial charge in [-0.3, -0.25) is 9.69 Å². The highest BCUT2D eigenvalue weighted by Crippen LogP contribution is 2.41. The van der Waals surface area contributed by atoms with Crippen LogP contribution in [0.2, 0.25) is 0 Å². The van der Waals surface area contributed by atoms with Crippen LogP contribution in [0.3, 0.4) is 0 Å². The molecule has 0 atom stereocenters. The summed E-state index contributed by atoms with van der Waals surface area (Å²) in [6.07, 6.45) is 1.83. The molecule has 1 saturated heterocycles. The zero-order valence-electron chi connectivity index (χ0n) is 18.6. The molecule has 8 heteroatoms. The molecule has 4 rings (SSSR count). The van der Waals surface area contributed by atoms with E-state index < -0.39 is 0 Å². The van der Waals surface area contributed by atoms with Crippen molar-refractivity contribution in [2.75, 3.05) is 18.6 Å². The number of thiocarbonyl (C=S) groups is 1. The number of carbonyl (C=O) groups excluding carboxylic acids is 1. The predicted molar refractivity (Wildman–Crippen MR) is 150 cm³/mol. The van der Waals surface area contributed by atoms with Gasteiger partial charge in [0, 0.05) is 0 Å². The van der Waals surface area contributed by atoms with Gasteiger partial charge in [-0.1, -0.05) is 66.4 Å². The summed E-state index contributed by atoms with van der Waals surface area (Å²) < 4.78 is 18.8. The van der Waals surface area contributed by atoms with Crippen molar-refractivity contribution in [3.63, 3.8) is 0 Å². The molecule has 0 bridgehead atoms. The van der Waals surface area contributed by atoms with Crippen LogP contribution in [0, 0.1) is 3.57 Å². The van der Waals surface area contributed by atoms with Gasteiger partial charge in [0.15, 0.2) is 15.8 Å². The molecule has 1 aliphatic heterocycles. The van der Waals surface area contributed by atoms with Crippen molar-refractivity contribution >= 4 is 68.6 Å². The molecule has 174 valence electrons. The summed E-state index contributed by atoms with van der Waals surface area (Å²) in [7, 11) is 1.57. The first-order valence-corrected chi connectivity index (χ1v) is 12.9. The summed E-state index contributed by atoms with van der Waals surface area (Å²) in [6, 6.07) is 21.2. The first kappa shape index (κ1) is 24.6. The molecule has 1 fully saturated rings. The van der Waals surface area contributed by atoms with Gasteiger partial charge < -0.3 is 14.2 Å². The molecule has 0 saturated carbocycles. The Kier molecular flexibility index (Phi) is 8.12. The smallest absolute Gasteiger partial charge is 0.270 e. The first-order chi connectivity index (χ1) is 16.5. The lowest BCUT2D eigenvalue weighted by atomic mass is 10.1. The highest BCUT2D eigenvalue weighted by Gasteiger charge is 2.35. The van der Waals surface area contributed by atoms with E-state index in [1.807, 2.05) is 79.7 Å². The maximum Gasteiger partial charge on any atom is 0.270 e. The number of carbonyl (C=O) groups is 1. The topological polar surface area (TPSA) is 48.0 Å². The fourth-order valence-corrected chi connectivity index (χ4v) is 5.51. The van der Waals surface area contributed by atoms with Crippen molar-refractivity contribution in [3.8, 4) is 17.2 Å². The molecular formula is C26H22INO4S2. The lowest BCUT2D eigenvalue weighted by Gasteiger charge is -2.17. The Hall–Kier alpha value is -2.56. The van der Waals surface area contributed by atoms with Crippen molar-refractivity contribution in [1.29, 1.82) is 0 Å². The van der Waals surface area contributed by atoms with E-state index in [0.717, 1.165) is 14.7 Å². The van der Waals surface area contributed by atoms with Crippen LogP contribution in [0.25, 0.3) is 6.08 Å². The number of rotatable bonds is 8. The fraction of sp³-hybridized carbons (Fsp3) is 0.154. The number of benzene rings is 3. The Labute approximate surface area is 222 Å². The van der Waals surface area contributed by atoms with Gasteiger partial charge in [-0.15, -0.1) is 0 Å². The van der Waals surface area contributed by atoms with Gasteiger partial charge in [0.1, 0.15) is 12.4 Å².